The van der Waals surface area contributed by atoms with E-state index in [0.717, 1.165) is 34.1 Å². The van der Waals surface area contributed by atoms with Crippen LogP contribution in [0, 0.1) is 5.92 Å². The maximum atomic E-state index is 13.0. The highest BCUT2D eigenvalue weighted by Crippen LogP contribution is 2.39. The SMILES string of the molecule is CN1C(=O)C[C@@H](C(=O)Nc2c3c(nn2C)CSC3)[C@@H]1c1ccccc1. The number of likely N-dealkylation sites (tertiary alicyclic amines) is 1. The van der Waals surface area contributed by atoms with Gasteiger partial charge in [0.15, 0.2) is 0 Å². The van der Waals surface area contributed by atoms with Crippen molar-refractivity contribution in [1.29, 1.82) is 0 Å². The molecule has 2 aliphatic heterocycles. The van der Waals surface area contributed by atoms with Gasteiger partial charge in [-0.3, -0.25) is 14.3 Å². The second kappa shape index (κ2) is 6.22. The van der Waals surface area contributed by atoms with E-state index in [2.05, 4.69) is 10.4 Å². The lowest BCUT2D eigenvalue weighted by Gasteiger charge is -2.25. The van der Waals surface area contributed by atoms with E-state index in [0.29, 0.717) is 0 Å². The van der Waals surface area contributed by atoms with Crippen LogP contribution in [0.2, 0.25) is 0 Å². The van der Waals surface area contributed by atoms with Gasteiger partial charge in [0.2, 0.25) is 11.8 Å². The van der Waals surface area contributed by atoms with Gasteiger partial charge >= 0.3 is 0 Å². The summed E-state index contributed by atoms with van der Waals surface area (Å²) in [5.74, 6) is 1.99. The summed E-state index contributed by atoms with van der Waals surface area (Å²) in [6, 6.07) is 9.52. The molecule has 130 valence electrons. The van der Waals surface area contributed by atoms with Gasteiger partial charge in [-0.25, -0.2) is 0 Å². The predicted molar refractivity (Wildman–Crippen MR) is 96.9 cm³/mol. The molecule has 0 radical (unpaired) electrons. The Morgan fingerprint density at radius 3 is 2.76 bits per heavy atom. The topological polar surface area (TPSA) is 67.2 Å². The Balaban J connectivity index is 1.62. The second-order valence-electron chi connectivity index (χ2n) is 6.55. The Labute approximate surface area is 150 Å². The van der Waals surface area contributed by atoms with Crippen molar-refractivity contribution in [3.63, 3.8) is 0 Å². The van der Waals surface area contributed by atoms with Gasteiger partial charge in [-0.15, -0.1) is 0 Å². The average molecular weight is 356 g/mol. The summed E-state index contributed by atoms with van der Waals surface area (Å²) in [6.45, 7) is 0. The van der Waals surface area contributed by atoms with Crippen LogP contribution in [0.1, 0.15) is 29.3 Å². The Kier molecular flexibility index (Phi) is 4.03. The molecule has 2 aliphatic rings. The lowest BCUT2D eigenvalue weighted by molar-refractivity contribution is -0.127. The maximum absolute atomic E-state index is 13.0. The number of carbonyl (C=O) groups excluding carboxylic acids is 2. The highest BCUT2D eigenvalue weighted by atomic mass is 32.2. The summed E-state index contributed by atoms with van der Waals surface area (Å²) in [7, 11) is 3.62. The predicted octanol–water partition coefficient (Wildman–Crippen LogP) is 2.33. The summed E-state index contributed by atoms with van der Waals surface area (Å²) in [4.78, 5) is 26.9. The molecule has 0 spiro atoms. The summed E-state index contributed by atoms with van der Waals surface area (Å²) in [6.07, 6.45) is 0.233. The molecule has 4 rings (SSSR count). The number of carbonyl (C=O) groups is 2. The fourth-order valence-electron chi connectivity index (χ4n) is 3.72. The van der Waals surface area contributed by atoms with Gasteiger partial charge in [-0.2, -0.15) is 16.9 Å². The first kappa shape index (κ1) is 16.2. The molecule has 1 N–H and O–H groups in total. The van der Waals surface area contributed by atoms with Crippen LogP contribution in [0.5, 0.6) is 0 Å². The number of benzene rings is 1. The minimum atomic E-state index is -0.403. The minimum absolute atomic E-state index is 0.000191. The zero-order chi connectivity index (χ0) is 17.6. The highest BCUT2D eigenvalue weighted by molar-refractivity contribution is 7.98. The normalized spacial score (nSPS) is 22.3. The Morgan fingerprint density at radius 1 is 1.24 bits per heavy atom. The molecule has 1 aromatic heterocycles. The molecule has 3 heterocycles. The number of hydrogen-bond acceptors (Lipinski definition) is 4. The third-order valence-electron chi connectivity index (χ3n) is 5.02. The van der Waals surface area contributed by atoms with Crippen molar-refractivity contribution in [3.8, 4) is 0 Å². The highest BCUT2D eigenvalue weighted by Gasteiger charge is 2.43. The molecule has 1 fully saturated rings. The minimum Gasteiger partial charge on any atom is -0.338 e. The number of aryl methyl sites for hydroxylation is 1. The largest absolute Gasteiger partial charge is 0.338 e. The van der Waals surface area contributed by atoms with Crippen LogP contribution in [0.4, 0.5) is 5.82 Å². The smallest absolute Gasteiger partial charge is 0.231 e. The lowest BCUT2D eigenvalue weighted by Crippen LogP contribution is -2.30. The third-order valence-corrected chi connectivity index (χ3v) is 5.99. The van der Waals surface area contributed by atoms with E-state index >= 15 is 0 Å². The first-order valence-electron chi connectivity index (χ1n) is 8.30. The zero-order valence-electron chi connectivity index (χ0n) is 14.2. The molecule has 6 nitrogen and oxygen atoms in total. The van der Waals surface area contributed by atoms with Crippen molar-refractivity contribution in [2.45, 2.75) is 24.0 Å². The molecule has 25 heavy (non-hydrogen) atoms. The molecule has 2 aromatic rings. The maximum Gasteiger partial charge on any atom is 0.231 e. The molecular weight excluding hydrogens is 336 g/mol. The van der Waals surface area contributed by atoms with E-state index in [1.165, 1.54) is 0 Å². The molecule has 0 aliphatic carbocycles. The lowest BCUT2D eigenvalue weighted by atomic mass is 9.93. The van der Waals surface area contributed by atoms with Gasteiger partial charge in [0.25, 0.3) is 0 Å². The Morgan fingerprint density at radius 2 is 2.00 bits per heavy atom. The first-order valence-corrected chi connectivity index (χ1v) is 9.45. The summed E-state index contributed by atoms with van der Waals surface area (Å²) >= 11 is 1.80. The number of amides is 2. The van der Waals surface area contributed by atoms with Crippen molar-refractivity contribution in [2.24, 2.45) is 13.0 Å². The van der Waals surface area contributed by atoms with Crippen LogP contribution < -0.4 is 5.32 Å². The molecule has 2 amide bonds. The number of nitrogens with zero attached hydrogens (tertiary/aromatic N) is 3. The van der Waals surface area contributed by atoms with E-state index in [1.54, 1.807) is 28.4 Å². The number of rotatable bonds is 3. The van der Waals surface area contributed by atoms with Gasteiger partial charge in [-0.1, -0.05) is 30.3 Å². The fourth-order valence-corrected chi connectivity index (χ4v) is 4.75. The number of fused-ring (bicyclic) bond motifs is 1. The summed E-state index contributed by atoms with van der Waals surface area (Å²) in [5, 5.41) is 7.52. The zero-order valence-corrected chi connectivity index (χ0v) is 15.0. The number of aromatic nitrogens is 2. The number of nitrogens with one attached hydrogen (secondary N) is 1. The molecule has 0 bridgehead atoms. The van der Waals surface area contributed by atoms with Crippen LogP contribution in [0.25, 0.3) is 0 Å². The Bertz CT molecular complexity index is 833. The average Bonchev–Trinajstić information content (AvgIpc) is 3.25. The van der Waals surface area contributed by atoms with Crippen LogP contribution >= 0.6 is 11.8 Å². The van der Waals surface area contributed by atoms with E-state index in [9.17, 15) is 9.59 Å². The second-order valence-corrected chi connectivity index (χ2v) is 7.54. The van der Waals surface area contributed by atoms with E-state index in [4.69, 9.17) is 0 Å². The standard InChI is InChI=1S/C18H20N4O2S/c1-21-15(23)8-12(16(21)11-6-4-3-5-7-11)18(24)19-17-13-9-25-10-14(13)20-22(17)2/h3-7,12,16H,8-10H2,1-2H3,(H,19,24)/t12-,16+/m1/s1. The molecule has 1 aromatic carbocycles. The van der Waals surface area contributed by atoms with Crippen LogP contribution in [0.15, 0.2) is 30.3 Å². The van der Waals surface area contributed by atoms with Crippen molar-refractivity contribution in [1.82, 2.24) is 14.7 Å². The van der Waals surface area contributed by atoms with Crippen LogP contribution in [-0.4, -0.2) is 33.5 Å². The monoisotopic (exact) mass is 356 g/mol. The summed E-state index contributed by atoms with van der Waals surface area (Å²) in [5.41, 5.74) is 3.14. The number of hydrogen-bond donors (Lipinski definition) is 1. The van der Waals surface area contributed by atoms with Crippen molar-refractivity contribution < 1.29 is 9.59 Å². The fraction of sp³-hybridized carbons (Fsp3) is 0.389. The first-order chi connectivity index (χ1) is 12.1. The van der Waals surface area contributed by atoms with Gasteiger partial charge in [-0.05, 0) is 5.56 Å². The van der Waals surface area contributed by atoms with E-state index in [1.807, 2.05) is 37.4 Å². The van der Waals surface area contributed by atoms with Crippen LogP contribution in [0.3, 0.4) is 0 Å². The molecule has 7 heteroatoms. The van der Waals surface area contributed by atoms with E-state index < -0.39 is 5.92 Å². The van der Waals surface area contributed by atoms with Gasteiger partial charge in [0, 0.05) is 37.6 Å². The van der Waals surface area contributed by atoms with Gasteiger partial charge in [0.05, 0.1) is 17.7 Å². The molecule has 0 saturated carbocycles. The van der Waals surface area contributed by atoms with E-state index in [-0.39, 0.29) is 24.3 Å². The summed E-state index contributed by atoms with van der Waals surface area (Å²) < 4.78 is 1.74. The number of anilines is 1. The van der Waals surface area contributed by atoms with Gasteiger partial charge < -0.3 is 10.2 Å². The quantitative estimate of drug-likeness (QED) is 0.917. The third kappa shape index (κ3) is 2.72. The molecule has 2 atom stereocenters. The molecule has 0 unspecified atom stereocenters. The van der Waals surface area contributed by atoms with Crippen molar-refractivity contribution in [3.05, 3.63) is 47.2 Å². The molecular formula is C18H20N4O2S. The number of thioether (sulfide) groups is 1. The Hall–Kier alpha value is -2.28. The van der Waals surface area contributed by atoms with Gasteiger partial charge in [0.1, 0.15) is 5.82 Å². The van der Waals surface area contributed by atoms with Crippen molar-refractivity contribution in [2.75, 3.05) is 12.4 Å². The van der Waals surface area contributed by atoms with Crippen molar-refractivity contribution >= 4 is 29.4 Å². The van der Waals surface area contributed by atoms with Crippen LogP contribution in [-0.2, 0) is 28.1 Å². The molecule has 1 saturated heterocycles.